The maximum Gasteiger partial charge on any atom is 0.123 e. The number of benzene rings is 2. The van der Waals surface area contributed by atoms with Crippen LogP contribution in [0.3, 0.4) is 0 Å². The molecule has 0 aliphatic carbocycles. The monoisotopic (exact) mass is 302 g/mol. The van der Waals surface area contributed by atoms with Crippen molar-refractivity contribution < 1.29 is 4.39 Å². The first-order chi connectivity index (χ1) is 10.2. The van der Waals surface area contributed by atoms with Crippen LogP contribution in [-0.2, 0) is 6.42 Å². The summed E-state index contributed by atoms with van der Waals surface area (Å²) in [5.74, 6) is -0.228. The van der Waals surface area contributed by atoms with E-state index in [2.05, 4.69) is 16.1 Å². The van der Waals surface area contributed by atoms with Crippen molar-refractivity contribution in [1.82, 2.24) is 9.88 Å². The molecule has 0 saturated carbocycles. The van der Waals surface area contributed by atoms with Crippen LogP contribution in [-0.4, -0.2) is 18.2 Å². The van der Waals surface area contributed by atoms with Gasteiger partial charge >= 0.3 is 0 Å². The van der Waals surface area contributed by atoms with Gasteiger partial charge in [0.25, 0.3) is 0 Å². The van der Waals surface area contributed by atoms with Crippen molar-refractivity contribution in [3.63, 3.8) is 0 Å². The van der Waals surface area contributed by atoms with Crippen molar-refractivity contribution >= 4 is 22.5 Å². The van der Waals surface area contributed by atoms with E-state index in [0.29, 0.717) is 0 Å². The molecule has 108 valence electrons. The summed E-state index contributed by atoms with van der Waals surface area (Å²) in [5.41, 5.74) is 3.25. The molecule has 0 amide bonds. The number of likely N-dealkylation sites (N-methyl/N-ethyl adjacent to an activating group) is 1. The van der Waals surface area contributed by atoms with Gasteiger partial charge in [0.1, 0.15) is 5.82 Å². The van der Waals surface area contributed by atoms with Crippen LogP contribution in [0.15, 0.2) is 48.7 Å². The van der Waals surface area contributed by atoms with E-state index < -0.39 is 0 Å². The highest BCUT2D eigenvalue weighted by molar-refractivity contribution is 6.31. The highest BCUT2D eigenvalue weighted by Crippen LogP contribution is 2.28. The molecule has 2 aromatic carbocycles. The molecule has 0 bridgehead atoms. The number of rotatable bonds is 4. The van der Waals surface area contributed by atoms with Crippen molar-refractivity contribution in [2.24, 2.45) is 0 Å². The van der Waals surface area contributed by atoms with Crippen LogP contribution >= 0.6 is 11.6 Å². The van der Waals surface area contributed by atoms with Gasteiger partial charge in [0.2, 0.25) is 0 Å². The van der Waals surface area contributed by atoms with E-state index in [-0.39, 0.29) is 5.82 Å². The molecule has 0 fully saturated rings. The first kappa shape index (κ1) is 14.1. The molecule has 1 aromatic heterocycles. The van der Waals surface area contributed by atoms with E-state index in [1.165, 1.54) is 17.7 Å². The van der Waals surface area contributed by atoms with Crippen molar-refractivity contribution in [1.29, 1.82) is 0 Å². The fourth-order valence-corrected chi connectivity index (χ4v) is 2.72. The van der Waals surface area contributed by atoms with Crippen LogP contribution in [0.4, 0.5) is 4.39 Å². The van der Waals surface area contributed by atoms with E-state index >= 15 is 0 Å². The number of hydrogen-bond donors (Lipinski definition) is 1. The molecule has 1 N–H and O–H groups in total. The van der Waals surface area contributed by atoms with Crippen molar-refractivity contribution in [2.75, 3.05) is 13.6 Å². The minimum Gasteiger partial charge on any atom is -0.319 e. The SMILES string of the molecule is CNCCc1cn(-c2ccc(F)cc2)c2ccc(Cl)cc12. The third-order valence-electron chi connectivity index (χ3n) is 3.60. The lowest BCUT2D eigenvalue weighted by Gasteiger charge is -2.05. The summed E-state index contributed by atoms with van der Waals surface area (Å²) in [6, 6.07) is 12.4. The second-order valence-corrected chi connectivity index (χ2v) is 5.45. The van der Waals surface area contributed by atoms with E-state index in [1.807, 2.05) is 25.2 Å². The molecular formula is C17H16ClFN2. The summed E-state index contributed by atoms with van der Waals surface area (Å²) < 4.78 is 15.2. The minimum atomic E-state index is -0.228. The maximum atomic E-state index is 13.1. The fourth-order valence-electron chi connectivity index (χ4n) is 2.54. The molecule has 0 unspecified atom stereocenters. The number of hydrogen-bond acceptors (Lipinski definition) is 1. The number of nitrogens with zero attached hydrogens (tertiary/aromatic N) is 1. The Morgan fingerprint density at radius 3 is 2.62 bits per heavy atom. The molecule has 3 rings (SSSR count). The molecule has 3 aromatic rings. The highest BCUT2D eigenvalue weighted by Gasteiger charge is 2.10. The number of halogens is 2. The lowest BCUT2D eigenvalue weighted by atomic mass is 10.1. The minimum absolute atomic E-state index is 0.228. The second-order valence-electron chi connectivity index (χ2n) is 5.02. The Balaban J connectivity index is 2.16. The Bertz CT molecular complexity index is 762. The van der Waals surface area contributed by atoms with Crippen molar-refractivity contribution in [3.05, 3.63) is 65.1 Å². The zero-order chi connectivity index (χ0) is 14.8. The van der Waals surface area contributed by atoms with Gasteiger partial charge in [-0.05, 0) is 68.0 Å². The van der Waals surface area contributed by atoms with Gasteiger partial charge in [-0.1, -0.05) is 11.6 Å². The molecule has 0 saturated heterocycles. The molecule has 4 heteroatoms. The van der Waals surface area contributed by atoms with Gasteiger partial charge in [-0.3, -0.25) is 0 Å². The molecule has 21 heavy (non-hydrogen) atoms. The van der Waals surface area contributed by atoms with Gasteiger partial charge in [0.15, 0.2) is 0 Å². The zero-order valence-corrected chi connectivity index (χ0v) is 12.5. The molecule has 1 heterocycles. The van der Waals surface area contributed by atoms with Crippen LogP contribution in [0.1, 0.15) is 5.56 Å². The van der Waals surface area contributed by atoms with Gasteiger partial charge in [0, 0.05) is 22.3 Å². The largest absolute Gasteiger partial charge is 0.319 e. The summed E-state index contributed by atoms with van der Waals surface area (Å²) >= 11 is 6.13. The molecule has 0 aliphatic rings. The molecule has 0 radical (unpaired) electrons. The summed E-state index contributed by atoms with van der Waals surface area (Å²) in [4.78, 5) is 0. The quantitative estimate of drug-likeness (QED) is 0.765. The second kappa shape index (κ2) is 5.88. The fraction of sp³-hybridized carbons (Fsp3) is 0.176. The predicted octanol–water partition coefficient (Wildman–Crippen LogP) is 4.18. The average Bonchev–Trinajstić information content (AvgIpc) is 2.84. The maximum absolute atomic E-state index is 13.1. The Morgan fingerprint density at radius 2 is 1.90 bits per heavy atom. The average molecular weight is 303 g/mol. The lowest BCUT2D eigenvalue weighted by Crippen LogP contribution is -2.09. The number of fused-ring (bicyclic) bond motifs is 1. The van der Waals surface area contributed by atoms with Gasteiger partial charge in [-0.2, -0.15) is 0 Å². The number of nitrogens with one attached hydrogen (secondary N) is 1. The lowest BCUT2D eigenvalue weighted by molar-refractivity contribution is 0.627. The van der Waals surface area contributed by atoms with Crippen molar-refractivity contribution in [3.8, 4) is 5.69 Å². The molecule has 0 aliphatic heterocycles. The van der Waals surface area contributed by atoms with Gasteiger partial charge in [-0.25, -0.2) is 4.39 Å². The van der Waals surface area contributed by atoms with Crippen LogP contribution < -0.4 is 5.32 Å². The molecule has 0 atom stereocenters. The standard InChI is InChI=1S/C17H16ClFN2/c1-20-9-8-12-11-21(15-5-3-14(19)4-6-15)17-7-2-13(18)10-16(12)17/h2-7,10-11,20H,8-9H2,1H3. The summed E-state index contributed by atoms with van der Waals surface area (Å²) in [6.45, 7) is 0.898. The van der Waals surface area contributed by atoms with Gasteiger partial charge < -0.3 is 9.88 Å². The topological polar surface area (TPSA) is 17.0 Å². The van der Waals surface area contributed by atoms with Crippen molar-refractivity contribution in [2.45, 2.75) is 6.42 Å². The zero-order valence-electron chi connectivity index (χ0n) is 11.7. The summed E-state index contributed by atoms with van der Waals surface area (Å²) in [5, 5.41) is 5.03. The number of aromatic nitrogens is 1. The smallest absolute Gasteiger partial charge is 0.123 e. The first-order valence-corrected chi connectivity index (χ1v) is 7.27. The van der Waals surface area contributed by atoms with Crippen LogP contribution in [0.2, 0.25) is 5.02 Å². The van der Waals surface area contributed by atoms with Crippen LogP contribution in [0.5, 0.6) is 0 Å². The molecular weight excluding hydrogens is 287 g/mol. The normalized spacial score (nSPS) is 11.2. The predicted molar refractivity (Wildman–Crippen MR) is 85.9 cm³/mol. The highest BCUT2D eigenvalue weighted by atomic mass is 35.5. The first-order valence-electron chi connectivity index (χ1n) is 6.89. The van der Waals surface area contributed by atoms with E-state index in [1.54, 1.807) is 12.1 Å². The van der Waals surface area contributed by atoms with Crippen LogP contribution in [0.25, 0.3) is 16.6 Å². The van der Waals surface area contributed by atoms with E-state index in [9.17, 15) is 4.39 Å². The third-order valence-corrected chi connectivity index (χ3v) is 3.83. The Morgan fingerprint density at radius 1 is 1.14 bits per heavy atom. The third kappa shape index (κ3) is 2.80. The van der Waals surface area contributed by atoms with Gasteiger partial charge in [-0.15, -0.1) is 0 Å². The Labute approximate surface area is 128 Å². The summed E-state index contributed by atoms with van der Waals surface area (Å²) in [7, 11) is 1.94. The van der Waals surface area contributed by atoms with E-state index in [4.69, 9.17) is 11.6 Å². The molecule has 0 spiro atoms. The Hall–Kier alpha value is -1.84. The van der Waals surface area contributed by atoms with Gasteiger partial charge in [0.05, 0.1) is 5.52 Å². The van der Waals surface area contributed by atoms with E-state index in [0.717, 1.165) is 34.6 Å². The van der Waals surface area contributed by atoms with Crippen LogP contribution in [0, 0.1) is 5.82 Å². The Kier molecular flexibility index (Phi) is 3.95. The summed E-state index contributed by atoms with van der Waals surface area (Å²) in [6.07, 6.45) is 3.02. The molecule has 2 nitrogen and oxygen atoms in total.